The summed E-state index contributed by atoms with van der Waals surface area (Å²) in [5.74, 6) is 1.83. The summed E-state index contributed by atoms with van der Waals surface area (Å²) in [6.45, 7) is 3.24. The molecular weight excluding hydrogens is 314 g/mol. The highest BCUT2D eigenvalue weighted by Crippen LogP contribution is 2.34. The first-order valence-corrected chi connectivity index (χ1v) is 8.47. The first kappa shape index (κ1) is 15.7. The van der Waals surface area contributed by atoms with Gasteiger partial charge in [-0.2, -0.15) is 0 Å². The van der Waals surface area contributed by atoms with Crippen LogP contribution >= 0.6 is 0 Å². The van der Waals surface area contributed by atoms with E-state index in [9.17, 15) is 0 Å². The maximum absolute atomic E-state index is 5.47. The van der Waals surface area contributed by atoms with Gasteiger partial charge in [0.2, 0.25) is 0 Å². The van der Waals surface area contributed by atoms with E-state index in [0.29, 0.717) is 0 Å². The Kier molecular flexibility index (Phi) is 4.39. The molecule has 0 saturated carbocycles. The van der Waals surface area contributed by atoms with Crippen LogP contribution in [0.1, 0.15) is 0 Å². The lowest BCUT2D eigenvalue weighted by molar-refractivity contribution is 0.122. The number of methoxy groups -OCH3 is 1. The predicted octanol–water partition coefficient (Wildman–Crippen LogP) is 3.82. The first-order chi connectivity index (χ1) is 12.4. The maximum Gasteiger partial charge on any atom is 0.142 e. The van der Waals surface area contributed by atoms with Crippen molar-refractivity contribution in [1.29, 1.82) is 0 Å². The van der Waals surface area contributed by atoms with Gasteiger partial charge in [0.25, 0.3) is 0 Å². The fourth-order valence-corrected chi connectivity index (χ4v) is 3.20. The van der Waals surface area contributed by atoms with Crippen molar-refractivity contribution in [3.63, 3.8) is 0 Å². The molecule has 0 unspecified atom stereocenters. The first-order valence-electron chi connectivity index (χ1n) is 8.47. The number of aromatic nitrogens is 1. The fraction of sp³-hybridized carbons (Fsp3) is 0.250. The van der Waals surface area contributed by atoms with Crippen molar-refractivity contribution >= 4 is 28.0 Å². The number of rotatable bonds is 4. The van der Waals surface area contributed by atoms with Crippen LogP contribution in [-0.4, -0.2) is 38.4 Å². The second kappa shape index (κ2) is 6.99. The summed E-state index contributed by atoms with van der Waals surface area (Å²) < 4.78 is 10.9. The average molecular weight is 335 g/mol. The highest BCUT2D eigenvalue weighted by molar-refractivity contribution is 6.01. The van der Waals surface area contributed by atoms with E-state index in [4.69, 9.17) is 14.5 Å². The van der Waals surface area contributed by atoms with Gasteiger partial charge in [-0.1, -0.05) is 36.4 Å². The van der Waals surface area contributed by atoms with Gasteiger partial charge in [-0.15, -0.1) is 0 Å². The van der Waals surface area contributed by atoms with Gasteiger partial charge >= 0.3 is 0 Å². The minimum absolute atomic E-state index is 0.747. The number of nitrogens with one attached hydrogen (secondary N) is 1. The number of morpholine rings is 1. The molecule has 2 aromatic carbocycles. The summed E-state index contributed by atoms with van der Waals surface area (Å²) in [6.07, 6.45) is 1.90. The molecule has 5 heteroatoms. The van der Waals surface area contributed by atoms with Crippen molar-refractivity contribution in [3.05, 3.63) is 54.7 Å². The molecule has 0 atom stereocenters. The quantitative estimate of drug-likeness (QED) is 0.785. The van der Waals surface area contributed by atoms with Gasteiger partial charge < -0.3 is 19.7 Å². The standard InChI is InChI=1S/C20H21N3O2/c1-24-19-9-5-4-8-17(19)22-18-14-21-20(23-10-12-25-13-11-23)16-7-3-2-6-15(16)18/h2-9,14,22H,10-13H2,1H3. The Balaban J connectivity index is 1.75. The van der Waals surface area contributed by atoms with E-state index in [1.54, 1.807) is 7.11 Å². The second-order valence-corrected chi connectivity index (χ2v) is 5.97. The van der Waals surface area contributed by atoms with Crippen molar-refractivity contribution in [2.24, 2.45) is 0 Å². The zero-order valence-electron chi connectivity index (χ0n) is 14.2. The summed E-state index contributed by atoms with van der Waals surface area (Å²) >= 11 is 0. The van der Waals surface area contributed by atoms with Gasteiger partial charge in [-0.25, -0.2) is 4.98 Å². The van der Waals surface area contributed by atoms with Gasteiger partial charge in [0.1, 0.15) is 11.6 Å². The number of hydrogen-bond donors (Lipinski definition) is 1. The lowest BCUT2D eigenvalue weighted by Crippen LogP contribution is -2.36. The van der Waals surface area contributed by atoms with Crippen LogP contribution in [0.2, 0.25) is 0 Å². The molecule has 5 nitrogen and oxygen atoms in total. The molecule has 3 aromatic rings. The highest BCUT2D eigenvalue weighted by atomic mass is 16.5. The molecule has 0 aliphatic carbocycles. The molecular formula is C20H21N3O2. The van der Waals surface area contributed by atoms with Gasteiger partial charge in [0.05, 0.1) is 37.9 Å². The zero-order valence-corrected chi connectivity index (χ0v) is 14.2. The van der Waals surface area contributed by atoms with E-state index in [1.165, 1.54) is 0 Å². The predicted molar refractivity (Wildman–Crippen MR) is 101 cm³/mol. The number of anilines is 3. The van der Waals surface area contributed by atoms with Crippen LogP contribution in [0.15, 0.2) is 54.7 Å². The molecule has 0 bridgehead atoms. The molecule has 0 radical (unpaired) electrons. The van der Waals surface area contributed by atoms with Crippen molar-refractivity contribution in [2.45, 2.75) is 0 Å². The Morgan fingerprint density at radius 3 is 2.48 bits per heavy atom. The zero-order chi connectivity index (χ0) is 17.1. The smallest absolute Gasteiger partial charge is 0.142 e. The molecule has 0 spiro atoms. The molecule has 1 fully saturated rings. The molecule has 1 aliphatic rings. The molecule has 1 saturated heterocycles. The Morgan fingerprint density at radius 2 is 1.68 bits per heavy atom. The Hall–Kier alpha value is -2.79. The Morgan fingerprint density at radius 1 is 0.960 bits per heavy atom. The third-order valence-electron chi connectivity index (χ3n) is 4.46. The van der Waals surface area contributed by atoms with E-state index in [-0.39, 0.29) is 0 Å². The number of benzene rings is 2. The van der Waals surface area contributed by atoms with Crippen molar-refractivity contribution < 1.29 is 9.47 Å². The van der Waals surface area contributed by atoms with Crippen molar-refractivity contribution in [1.82, 2.24) is 4.98 Å². The molecule has 2 heterocycles. The summed E-state index contributed by atoms with van der Waals surface area (Å²) in [5.41, 5.74) is 1.90. The Labute approximate surface area is 147 Å². The minimum atomic E-state index is 0.747. The number of pyridine rings is 1. The fourth-order valence-electron chi connectivity index (χ4n) is 3.20. The van der Waals surface area contributed by atoms with Gasteiger partial charge in [0, 0.05) is 23.9 Å². The highest BCUT2D eigenvalue weighted by Gasteiger charge is 2.17. The molecule has 0 amide bonds. The van der Waals surface area contributed by atoms with Crippen LogP contribution in [0.5, 0.6) is 5.75 Å². The molecule has 1 aliphatic heterocycles. The molecule has 4 rings (SSSR count). The average Bonchev–Trinajstić information content (AvgIpc) is 2.69. The molecule has 1 N–H and O–H groups in total. The monoisotopic (exact) mass is 335 g/mol. The minimum Gasteiger partial charge on any atom is -0.495 e. The van der Waals surface area contributed by atoms with E-state index >= 15 is 0 Å². The SMILES string of the molecule is COc1ccccc1Nc1cnc(N2CCOCC2)c2ccccc12. The lowest BCUT2D eigenvalue weighted by Gasteiger charge is -2.29. The van der Waals surface area contributed by atoms with Crippen molar-refractivity contribution in [2.75, 3.05) is 43.6 Å². The van der Waals surface area contributed by atoms with E-state index in [1.807, 2.05) is 30.5 Å². The molecule has 25 heavy (non-hydrogen) atoms. The third-order valence-corrected chi connectivity index (χ3v) is 4.46. The number of para-hydroxylation sites is 2. The number of fused-ring (bicyclic) bond motifs is 1. The number of nitrogens with zero attached hydrogens (tertiary/aromatic N) is 2. The van der Waals surface area contributed by atoms with E-state index in [2.05, 4.69) is 34.5 Å². The van der Waals surface area contributed by atoms with Gasteiger partial charge in [-0.05, 0) is 12.1 Å². The van der Waals surface area contributed by atoms with Crippen LogP contribution in [-0.2, 0) is 4.74 Å². The maximum atomic E-state index is 5.47. The summed E-state index contributed by atoms with van der Waals surface area (Å²) in [5, 5.41) is 5.75. The topological polar surface area (TPSA) is 46.6 Å². The molecule has 1 aromatic heterocycles. The summed E-state index contributed by atoms with van der Waals surface area (Å²) in [4.78, 5) is 7.04. The van der Waals surface area contributed by atoms with Crippen LogP contribution in [0.25, 0.3) is 10.8 Å². The van der Waals surface area contributed by atoms with Crippen molar-refractivity contribution in [3.8, 4) is 5.75 Å². The number of hydrogen-bond acceptors (Lipinski definition) is 5. The Bertz CT molecular complexity index is 876. The van der Waals surface area contributed by atoms with Gasteiger partial charge in [-0.3, -0.25) is 0 Å². The number of ether oxygens (including phenoxy) is 2. The van der Waals surface area contributed by atoms with Crippen LogP contribution in [0.4, 0.5) is 17.2 Å². The molecule has 128 valence electrons. The lowest BCUT2D eigenvalue weighted by atomic mass is 10.1. The summed E-state index contributed by atoms with van der Waals surface area (Å²) in [7, 11) is 1.68. The third kappa shape index (κ3) is 3.10. The largest absolute Gasteiger partial charge is 0.495 e. The van der Waals surface area contributed by atoms with E-state index in [0.717, 1.165) is 60.0 Å². The summed E-state index contributed by atoms with van der Waals surface area (Å²) in [6, 6.07) is 16.3. The normalized spacial score (nSPS) is 14.5. The van der Waals surface area contributed by atoms with E-state index < -0.39 is 0 Å². The van der Waals surface area contributed by atoms with Crippen LogP contribution < -0.4 is 15.0 Å². The second-order valence-electron chi connectivity index (χ2n) is 5.97. The van der Waals surface area contributed by atoms with Crippen LogP contribution in [0.3, 0.4) is 0 Å². The van der Waals surface area contributed by atoms with Gasteiger partial charge in [0.15, 0.2) is 0 Å². The van der Waals surface area contributed by atoms with Crippen LogP contribution in [0, 0.1) is 0 Å².